The zero-order chi connectivity index (χ0) is 11.1. The smallest absolute Gasteiger partial charge is 0.0125 e. The summed E-state index contributed by atoms with van der Waals surface area (Å²) >= 11 is 0. The first kappa shape index (κ1) is 11.4. The van der Waals surface area contributed by atoms with Crippen molar-refractivity contribution < 1.29 is 0 Å². The molecule has 0 radical (unpaired) electrons. The van der Waals surface area contributed by atoms with Crippen molar-refractivity contribution in [2.75, 3.05) is 32.7 Å². The highest BCUT2D eigenvalue weighted by Gasteiger charge is 2.44. The zero-order valence-electron chi connectivity index (χ0n) is 10.8. The van der Waals surface area contributed by atoms with Gasteiger partial charge in [-0.15, -0.1) is 0 Å². The van der Waals surface area contributed by atoms with Gasteiger partial charge in [0, 0.05) is 18.6 Å². The van der Waals surface area contributed by atoms with Crippen molar-refractivity contribution in [1.82, 2.24) is 9.80 Å². The summed E-state index contributed by atoms with van der Waals surface area (Å²) in [5.41, 5.74) is 1.08. The number of rotatable bonds is 1. The van der Waals surface area contributed by atoms with Crippen LogP contribution in [0.3, 0.4) is 0 Å². The van der Waals surface area contributed by atoms with Crippen LogP contribution >= 0.6 is 0 Å². The quantitative estimate of drug-likeness (QED) is 0.655. The van der Waals surface area contributed by atoms with E-state index in [1.807, 2.05) is 0 Å². The Labute approximate surface area is 94.6 Å². The summed E-state index contributed by atoms with van der Waals surface area (Å²) in [4.78, 5) is 5.22. The van der Waals surface area contributed by atoms with Gasteiger partial charge in [0.15, 0.2) is 0 Å². The molecule has 0 atom stereocenters. The van der Waals surface area contributed by atoms with E-state index in [-0.39, 0.29) is 0 Å². The van der Waals surface area contributed by atoms with Crippen molar-refractivity contribution in [1.29, 1.82) is 0 Å². The van der Waals surface area contributed by atoms with Gasteiger partial charge in [-0.2, -0.15) is 0 Å². The van der Waals surface area contributed by atoms with E-state index >= 15 is 0 Å². The highest BCUT2D eigenvalue weighted by atomic mass is 15.2. The first-order valence-electron chi connectivity index (χ1n) is 6.43. The van der Waals surface area contributed by atoms with Crippen LogP contribution < -0.4 is 0 Å². The molecule has 2 rings (SSSR count). The number of hydrogen-bond acceptors (Lipinski definition) is 2. The Morgan fingerprint density at radius 3 is 2.00 bits per heavy atom. The second-order valence-electron chi connectivity index (χ2n) is 6.46. The first-order chi connectivity index (χ1) is 6.95. The maximum Gasteiger partial charge on any atom is 0.0125 e. The molecular formula is C13H26N2. The average molecular weight is 210 g/mol. The third-order valence-corrected chi connectivity index (χ3v) is 4.34. The van der Waals surface area contributed by atoms with Crippen LogP contribution in [-0.2, 0) is 0 Å². The highest BCUT2D eigenvalue weighted by Crippen LogP contribution is 2.41. The fraction of sp³-hybridized carbons (Fsp3) is 1.00. The van der Waals surface area contributed by atoms with Crippen LogP contribution in [0.4, 0.5) is 0 Å². The van der Waals surface area contributed by atoms with E-state index < -0.39 is 0 Å². The third kappa shape index (κ3) is 2.21. The van der Waals surface area contributed by atoms with Gasteiger partial charge in [-0.3, -0.25) is 4.90 Å². The summed E-state index contributed by atoms with van der Waals surface area (Å²) in [6.45, 7) is 15.9. The summed E-state index contributed by atoms with van der Waals surface area (Å²) in [5.74, 6) is 0. The van der Waals surface area contributed by atoms with Gasteiger partial charge < -0.3 is 4.90 Å². The molecule has 0 aromatic heterocycles. The summed E-state index contributed by atoms with van der Waals surface area (Å²) in [7, 11) is 0. The topological polar surface area (TPSA) is 6.48 Å². The second-order valence-corrected chi connectivity index (χ2v) is 6.46. The molecule has 2 saturated heterocycles. The monoisotopic (exact) mass is 210 g/mol. The van der Waals surface area contributed by atoms with Gasteiger partial charge in [-0.1, -0.05) is 6.92 Å². The van der Waals surface area contributed by atoms with Crippen LogP contribution in [0.25, 0.3) is 0 Å². The molecule has 2 fully saturated rings. The molecule has 0 aromatic carbocycles. The lowest BCUT2D eigenvalue weighted by Gasteiger charge is -2.55. The van der Waals surface area contributed by atoms with E-state index in [9.17, 15) is 0 Å². The Hall–Kier alpha value is -0.0800. The Bertz CT molecular complexity index is 213. The Balaban J connectivity index is 1.83. The molecule has 0 aliphatic carbocycles. The molecule has 0 saturated carbocycles. The molecule has 0 aromatic rings. The predicted molar refractivity (Wildman–Crippen MR) is 65.1 cm³/mol. The molecule has 2 nitrogen and oxygen atoms in total. The molecule has 88 valence electrons. The number of nitrogens with zero attached hydrogens (tertiary/aromatic N) is 2. The largest absolute Gasteiger partial charge is 0.302 e. The van der Waals surface area contributed by atoms with Gasteiger partial charge in [-0.05, 0) is 58.7 Å². The molecule has 0 unspecified atom stereocenters. The average Bonchev–Trinajstić information content (AvgIpc) is 2.12. The van der Waals surface area contributed by atoms with Crippen molar-refractivity contribution in [3.63, 3.8) is 0 Å². The minimum absolute atomic E-state index is 0.371. The van der Waals surface area contributed by atoms with Gasteiger partial charge in [0.05, 0.1) is 0 Å². The van der Waals surface area contributed by atoms with Crippen LogP contribution in [0.5, 0.6) is 0 Å². The van der Waals surface area contributed by atoms with Crippen molar-refractivity contribution in [2.45, 2.75) is 46.1 Å². The molecule has 2 heterocycles. The van der Waals surface area contributed by atoms with Crippen molar-refractivity contribution >= 4 is 0 Å². The van der Waals surface area contributed by atoms with Crippen LogP contribution in [0.15, 0.2) is 0 Å². The van der Waals surface area contributed by atoms with Gasteiger partial charge in [0.2, 0.25) is 0 Å². The lowest BCUT2D eigenvalue weighted by atomic mass is 9.71. The van der Waals surface area contributed by atoms with E-state index in [0.29, 0.717) is 11.0 Å². The predicted octanol–water partition coefficient (Wildman–Crippen LogP) is 2.20. The third-order valence-electron chi connectivity index (χ3n) is 4.34. The van der Waals surface area contributed by atoms with E-state index in [0.717, 1.165) is 0 Å². The molecule has 2 aliphatic heterocycles. The Kier molecular flexibility index (Phi) is 2.85. The van der Waals surface area contributed by atoms with Crippen molar-refractivity contribution in [3.8, 4) is 0 Å². The first-order valence-corrected chi connectivity index (χ1v) is 6.43. The SMILES string of the molecule is CCN1CC2(CCN(C(C)(C)C)CC2)C1. The van der Waals surface area contributed by atoms with Crippen molar-refractivity contribution in [2.24, 2.45) is 5.41 Å². The van der Waals surface area contributed by atoms with Gasteiger partial charge in [0.1, 0.15) is 0 Å². The minimum Gasteiger partial charge on any atom is -0.302 e. The lowest BCUT2D eigenvalue weighted by Crippen LogP contribution is -2.61. The fourth-order valence-electron chi connectivity index (χ4n) is 3.09. The molecule has 2 aliphatic rings. The number of piperidine rings is 1. The van der Waals surface area contributed by atoms with E-state index in [1.54, 1.807) is 0 Å². The van der Waals surface area contributed by atoms with Crippen LogP contribution in [-0.4, -0.2) is 48.1 Å². The highest BCUT2D eigenvalue weighted by molar-refractivity contribution is 4.99. The molecule has 0 N–H and O–H groups in total. The van der Waals surface area contributed by atoms with E-state index in [4.69, 9.17) is 0 Å². The molecule has 0 bridgehead atoms. The van der Waals surface area contributed by atoms with Gasteiger partial charge >= 0.3 is 0 Å². The minimum atomic E-state index is 0.371. The van der Waals surface area contributed by atoms with E-state index in [1.165, 1.54) is 45.6 Å². The van der Waals surface area contributed by atoms with Gasteiger partial charge in [0.25, 0.3) is 0 Å². The maximum absolute atomic E-state index is 2.65. The van der Waals surface area contributed by atoms with Crippen LogP contribution in [0.1, 0.15) is 40.5 Å². The van der Waals surface area contributed by atoms with Crippen LogP contribution in [0, 0.1) is 5.41 Å². The molecular weight excluding hydrogens is 184 g/mol. The van der Waals surface area contributed by atoms with Crippen LogP contribution in [0.2, 0.25) is 0 Å². The standard InChI is InChI=1S/C13H26N2/c1-5-14-10-13(11-14)6-8-15(9-7-13)12(2,3)4/h5-11H2,1-4H3. The summed E-state index contributed by atoms with van der Waals surface area (Å²) < 4.78 is 0. The van der Waals surface area contributed by atoms with E-state index in [2.05, 4.69) is 37.5 Å². The molecule has 1 spiro atoms. The fourth-order valence-corrected chi connectivity index (χ4v) is 3.09. The molecule has 0 amide bonds. The Morgan fingerprint density at radius 2 is 1.60 bits per heavy atom. The summed E-state index contributed by atoms with van der Waals surface area (Å²) in [5, 5.41) is 0. The summed E-state index contributed by atoms with van der Waals surface area (Å²) in [6.07, 6.45) is 2.83. The maximum atomic E-state index is 2.65. The lowest BCUT2D eigenvalue weighted by molar-refractivity contribution is -0.0591. The molecule has 15 heavy (non-hydrogen) atoms. The molecule has 2 heteroatoms. The number of hydrogen-bond donors (Lipinski definition) is 0. The normalized spacial score (nSPS) is 28.0. The zero-order valence-corrected chi connectivity index (χ0v) is 10.8. The second kappa shape index (κ2) is 3.74. The summed E-state index contributed by atoms with van der Waals surface area (Å²) in [6, 6.07) is 0. The number of likely N-dealkylation sites (tertiary alicyclic amines) is 2. The van der Waals surface area contributed by atoms with Gasteiger partial charge in [-0.25, -0.2) is 0 Å². The van der Waals surface area contributed by atoms with Crippen molar-refractivity contribution in [3.05, 3.63) is 0 Å². The Morgan fingerprint density at radius 1 is 1.07 bits per heavy atom.